The third kappa shape index (κ3) is 3.40. The second-order valence-corrected chi connectivity index (χ2v) is 8.27. The summed E-state index contributed by atoms with van der Waals surface area (Å²) in [5.74, 6) is -1.31. The van der Waals surface area contributed by atoms with Crippen LogP contribution in [-0.4, -0.2) is 25.6 Å². The van der Waals surface area contributed by atoms with Crippen molar-refractivity contribution < 1.29 is 26.8 Å². The van der Waals surface area contributed by atoms with Crippen molar-refractivity contribution >= 4 is 38.1 Å². The van der Waals surface area contributed by atoms with E-state index in [1.807, 2.05) is 0 Å². The average molecular weight is 430 g/mol. The van der Waals surface area contributed by atoms with Crippen LogP contribution in [0.4, 0.5) is 0 Å². The Morgan fingerprint density at radius 1 is 1.13 bits per heavy atom. The van der Waals surface area contributed by atoms with Gasteiger partial charge in [0.05, 0.1) is 17.0 Å². The minimum Gasteiger partial charge on any atom is -0.460 e. The third-order valence-electron chi connectivity index (χ3n) is 4.67. The maximum atomic E-state index is 12.8. The van der Waals surface area contributed by atoms with Crippen LogP contribution in [0.5, 0.6) is 0 Å². The van der Waals surface area contributed by atoms with Crippen molar-refractivity contribution in [3.05, 3.63) is 64.3 Å². The van der Waals surface area contributed by atoms with Crippen LogP contribution in [0.2, 0.25) is 0 Å². The van der Waals surface area contributed by atoms with Crippen molar-refractivity contribution in [1.29, 1.82) is 0 Å². The van der Waals surface area contributed by atoms with Gasteiger partial charge in [0.2, 0.25) is 15.8 Å². The average Bonchev–Trinajstić information content (AvgIpc) is 3.24. The lowest BCUT2D eigenvalue weighted by atomic mass is 10.1. The molecule has 9 nitrogen and oxygen atoms in total. The summed E-state index contributed by atoms with van der Waals surface area (Å²) in [6.07, 6.45) is 0. The fourth-order valence-corrected chi connectivity index (χ4v) is 4.18. The lowest BCUT2D eigenvalue weighted by Gasteiger charge is -2.07. The van der Waals surface area contributed by atoms with E-state index in [0.29, 0.717) is 22.0 Å². The molecule has 10 heteroatoms. The number of esters is 1. The summed E-state index contributed by atoms with van der Waals surface area (Å²) < 4.78 is 45.1. The summed E-state index contributed by atoms with van der Waals surface area (Å²) in [7, 11) is -2.44. The Labute approximate surface area is 170 Å². The molecule has 4 aromatic rings. The van der Waals surface area contributed by atoms with E-state index < -0.39 is 21.7 Å². The monoisotopic (exact) mass is 430 g/mol. The number of benzene rings is 2. The molecule has 30 heavy (non-hydrogen) atoms. The Balaban J connectivity index is 1.68. The molecular weight excluding hydrogens is 412 g/mol. The molecule has 2 heterocycles. The molecule has 0 aliphatic rings. The van der Waals surface area contributed by atoms with Crippen molar-refractivity contribution in [2.45, 2.75) is 18.4 Å². The minimum absolute atomic E-state index is 0.0507. The molecule has 0 saturated carbocycles. The second-order valence-electron chi connectivity index (χ2n) is 6.51. The van der Waals surface area contributed by atoms with Crippen LogP contribution >= 0.6 is 0 Å². The quantitative estimate of drug-likeness (QED) is 0.467. The number of hydrogen-bond acceptors (Lipinski definition) is 7. The maximum absolute atomic E-state index is 12.8. The van der Waals surface area contributed by atoms with Gasteiger partial charge in [0.15, 0.2) is 5.58 Å². The number of para-hydroxylation sites is 1. The molecule has 0 spiro atoms. The number of aromatic nitrogens is 1. The van der Waals surface area contributed by atoms with Gasteiger partial charge >= 0.3 is 11.7 Å². The topological polar surface area (TPSA) is 121 Å². The van der Waals surface area contributed by atoms with Crippen molar-refractivity contribution in [2.24, 2.45) is 7.05 Å². The zero-order chi connectivity index (χ0) is 21.5. The highest BCUT2D eigenvalue weighted by Crippen LogP contribution is 2.27. The van der Waals surface area contributed by atoms with Crippen molar-refractivity contribution in [3.8, 4) is 0 Å². The standard InChI is InChI=1S/C20H18N2O7S/c1-3-27-19(23)18-14(13-6-4-5-7-16(13)28-18)11-21-30(25,26)12-8-9-15-17(10-12)29-20(24)22(15)2/h4-10,21H,3,11H2,1-2H3. The molecule has 0 aliphatic heterocycles. The van der Waals surface area contributed by atoms with Crippen molar-refractivity contribution in [1.82, 2.24) is 9.29 Å². The Morgan fingerprint density at radius 3 is 2.67 bits per heavy atom. The number of furan rings is 1. The number of hydrogen-bond donors (Lipinski definition) is 1. The second kappa shape index (κ2) is 7.47. The van der Waals surface area contributed by atoms with Gasteiger partial charge in [-0.25, -0.2) is 22.7 Å². The lowest BCUT2D eigenvalue weighted by Crippen LogP contribution is -2.24. The van der Waals surface area contributed by atoms with Crippen LogP contribution < -0.4 is 10.5 Å². The summed E-state index contributed by atoms with van der Waals surface area (Å²) in [4.78, 5) is 23.8. The van der Waals surface area contributed by atoms with Crippen molar-refractivity contribution in [2.75, 3.05) is 6.61 Å². The largest absolute Gasteiger partial charge is 0.460 e. The molecule has 0 amide bonds. The molecule has 0 bridgehead atoms. The number of rotatable bonds is 6. The van der Waals surface area contributed by atoms with Crippen LogP contribution in [0, 0.1) is 0 Å². The van der Waals surface area contributed by atoms with Crippen LogP contribution in [0.15, 0.2) is 61.0 Å². The van der Waals surface area contributed by atoms with Gasteiger partial charge in [-0.1, -0.05) is 18.2 Å². The number of nitrogens with one attached hydrogen (secondary N) is 1. The van der Waals surface area contributed by atoms with E-state index in [4.69, 9.17) is 13.6 Å². The number of aryl methyl sites for hydroxylation is 1. The lowest BCUT2D eigenvalue weighted by molar-refractivity contribution is 0.0491. The summed E-state index contributed by atoms with van der Waals surface area (Å²) in [5, 5.41) is 0.604. The third-order valence-corrected chi connectivity index (χ3v) is 6.07. The van der Waals surface area contributed by atoms with Gasteiger partial charge in [-0.2, -0.15) is 0 Å². The number of carbonyl (C=O) groups excluding carboxylic acids is 1. The molecule has 0 unspecified atom stereocenters. The predicted molar refractivity (Wildman–Crippen MR) is 108 cm³/mol. The summed E-state index contributed by atoms with van der Waals surface area (Å²) in [6, 6.07) is 11.1. The van der Waals surface area contributed by atoms with E-state index in [1.165, 1.54) is 29.8 Å². The minimum atomic E-state index is -3.97. The van der Waals surface area contributed by atoms with Gasteiger partial charge in [-0.3, -0.25) is 4.57 Å². The number of ether oxygens (including phenoxy) is 1. The maximum Gasteiger partial charge on any atom is 0.419 e. The van der Waals surface area contributed by atoms with Gasteiger partial charge in [0.25, 0.3) is 0 Å². The number of fused-ring (bicyclic) bond motifs is 2. The molecule has 0 aliphatic carbocycles. The van der Waals surface area contributed by atoms with Crippen LogP contribution in [0.3, 0.4) is 0 Å². The van der Waals surface area contributed by atoms with Crippen molar-refractivity contribution in [3.63, 3.8) is 0 Å². The molecule has 0 atom stereocenters. The molecule has 2 aromatic carbocycles. The van der Waals surface area contributed by atoms with Gasteiger partial charge < -0.3 is 13.6 Å². The van der Waals surface area contributed by atoms with Gasteiger partial charge in [-0.05, 0) is 25.1 Å². The van der Waals surface area contributed by atoms with E-state index in [9.17, 15) is 18.0 Å². The molecule has 0 fully saturated rings. The fourth-order valence-electron chi connectivity index (χ4n) is 3.17. The number of nitrogens with zero attached hydrogens (tertiary/aromatic N) is 1. The van der Waals surface area contributed by atoms with E-state index in [1.54, 1.807) is 31.2 Å². The molecule has 4 rings (SSSR count). The molecular formula is C20H18N2O7S. The predicted octanol–water partition coefficient (Wildman–Crippen LogP) is 2.53. The first-order valence-electron chi connectivity index (χ1n) is 9.08. The Morgan fingerprint density at radius 2 is 1.90 bits per heavy atom. The molecule has 1 N–H and O–H groups in total. The molecule has 2 aromatic heterocycles. The highest BCUT2D eigenvalue weighted by atomic mass is 32.2. The van der Waals surface area contributed by atoms with E-state index in [-0.39, 0.29) is 29.4 Å². The smallest absolute Gasteiger partial charge is 0.419 e. The Bertz CT molecular complexity index is 1430. The molecule has 156 valence electrons. The van der Waals surface area contributed by atoms with Gasteiger partial charge in [0, 0.05) is 30.6 Å². The first kappa shape index (κ1) is 19.9. The van der Waals surface area contributed by atoms with Crippen LogP contribution in [-0.2, 0) is 28.4 Å². The van der Waals surface area contributed by atoms with E-state index >= 15 is 0 Å². The zero-order valence-electron chi connectivity index (χ0n) is 16.2. The zero-order valence-corrected chi connectivity index (χ0v) is 17.0. The molecule has 0 radical (unpaired) electrons. The number of oxazole rings is 1. The normalized spacial score (nSPS) is 11.9. The van der Waals surface area contributed by atoms with Gasteiger partial charge in [0.1, 0.15) is 5.58 Å². The summed E-state index contributed by atoms with van der Waals surface area (Å²) >= 11 is 0. The van der Waals surface area contributed by atoms with E-state index in [0.717, 1.165) is 0 Å². The highest BCUT2D eigenvalue weighted by Gasteiger charge is 2.24. The van der Waals surface area contributed by atoms with E-state index in [2.05, 4.69) is 4.72 Å². The van der Waals surface area contributed by atoms with Crippen LogP contribution in [0.1, 0.15) is 23.0 Å². The Kier molecular flexibility index (Phi) is 4.96. The number of sulfonamides is 1. The Hall–Kier alpha value is -3.37. The molecule has 0 saturated heterocycles. The fraction of sp³-hybridized carbons (Fsp3) is 0.200. The first-order valence-corrected chi connectivity index (χ1v) is 10.6. The highest BCUT2D eigenvalue weighted by molar-refractivity contribution is 7.89. The van der Waals surface area contributed by atoms with Gasteiger partial charge in [-0.15, -0.1) is 0 Å². The summed E-state index contributed by atoms with van der Waals surface area (Å²) in [6.45, 7) is 1.63. The van der Waals surface area contributed by atoms with Crippen LogP contribution in [0.25, 0.3) is 22.1 Å². The number of carbonyl (C=O) groups is 1. The first-order chi connectivity index (χ1) is 14.3. The SMILES string of the molecule is CCOC(=O)c1oc2ccccc2c1CNS(=O)(=O)c1ccc2c(c1)oc(=O)n2C. The summed E-state index contributed by atoms with van der Waals surface area (Å²) in [5.41, 5.74) is 1.46.